The molecular formula is C24H28N6O2. The number of aryl methyl sites for hydroxylation is 3. The van der Waals surface area contributed by atoms with Crippen LogP contribution >= 0.6 is 0 Å². The quantitative estimate of drug-likeness (QED) is 0.399. The van der Waals surface area contributed by atoms with Crippen LogP contribution in [-0.2, 0) is 26.1 Å². The Morgan fingerprint density at radius 2 is 1.94 bits per heavy atom. The Morgan fingerprint density at radius 3 is 2.75 bits per heavy atom. The number of hydrogen-bond acceptors (Lipinski definition) is 6. The molecule has 0 aliphatic heterocycles. The van der Waals surface area contributed by atoms with Crippen LogP contribution in [0.2, 0.25) is 0 Å². The molecule has 0 aliphatic carbocycles. The van der Waals surface area contributed by atoms with E-state index in [0.717, 1.165) is 28.7 Å². The number of nitrogens with one attached hydrogen (secondary N) is 1. The van der Waals surface area contributed by atoms with E-state index in [1.54, 1.807) is 0 Å². The van der Waals surface area contributed by atoms with Crippen LogP contribution in [0.15, 0.2) is 59.4 Å². The number of tetrazole rings is 1. The molecule has 166 valence electrons. The Bertz CT molecular complexity index is 1220. The Morgan fingerprint density at radius 1 is 1.09 bits per heavy atom. The lowest BCUT2D eigenvalue weighted by atomic mass is 10.1. The average Bonchev–Trinajstić information content (AvgIpc) is 3.24. The van der Waals surface area contributed by atoms with Gasteiger partial charge in [-0.3, -0.25) is 9.69 Å². The summed E-state index contributed by atoms with van der Waals surface area (Å²) in [4.78, 5) is 17.8. The summed E-state index contributed by atoms with van der Waals surface area (Å²) in [6.45, 7) is 4.37. The van der Waals surface area contributed by atoms with Crippen molar-refractivity contribution in [2.45, 2.75) is 39.4 Å². The third-order valence-corrected chi connectivity index (χ3v) is 5.53. The molecular weight excluding hydrogens is 404 g/mol. The van der Waals surface area contributed by atoms with E-state index in [0.29, 0.717) is 38.2 Å². The van der Waals surface area contributed by atoms with Crippen LogP contribution in [0.4, 0.5) is 0 Å². The standard InChI is InChI=1S/C24H28N6O2/c1-18-8-9-22-20(14-18)15-21(24(32)25-22)16-29(11-5-13-31)17-23-26-27-28-30(23)12-10-19-6-3-2-4-7-19/h2-4,6-9,14-15,31H,5,10-13,16-17H2,1H3,(H,25,32). The van der Waals surface area contributed by atoms with Gasteiger partial charge in [0.05, 0.1) is 6.54 Å². The summed E-state index contributed by atoms with van der Waals surface area (Å²) >= 11 is 0. The van der Waals surface area contributed by atoms with Crippen molar-refractivity contribution in [1.29, 1.82) is 0 Å². The lowest BCUT2D eigenvalue weighted by Gasteiger charge is -2.21. The first-order valence-corrected chi connectivity index (χ1v) is 10.9. The molecule has 0 bridgehead atoms. The number of benzene rings is 2. The van der Waals surface area contributed by atoms with Crippen molar-refractivity contribution in [2.24, 2.45) is 0 Å². The highest BCUT2D eigenvalue weighted by atomic mass is 16.3. The number of aliphatic hydroxyl groups is 1. The van der Waals surface area contributed by atoms with Crippen LogP contribution < -0.4 is 5.56 Å². The number of rotatable bonds is 10. The van der Waals surface area contributed by atoms with E-state index in [1.807, 2.05) is 48.0 Å². The lowest BCUT2D eigenvalue weighted by Crippen LogP contribution is -2.29. The fourth-order valence-electron chi connectivity index (χ4n) is 3.83. The van der Waals surface area contributed by atoms with E-state index >= 15 is 0 Å². The first kappa shape index (κ1) is 21.9. The third-order valence-electron chi connectivity index (χ3n) is 5.53. The number of nitrogens with zero attached hydrogens (tertiary/aromatic N) is 5. The lowest BCUT2D eigenvalue weighted by molar-refractivity contribution is 0.206. The van der Waals surface area contributed by atoms with Crippen molar-refractivity contribution in [1.82, 2.24) is 30.1 Å². The van der Waals surface area contributed by atoms with Gasteiger partial charge in [-0.15, -0.1) is 5.10 Å². The number of aromatic nitrogens is 5. The minimum atomic E-state index is -0.0981. The maximum absolute atomic E-state index is 12.7. The predicted molar refractivity (Wildman–Crippen MR) is 123 cm³/mol. The van der Waals surface area contributed by atoms with E-state index in [2.05, 4.69) is 43.6 Å². The highest BCUT2D eigenvalue weighted by Crippen LogP contribution is 2.15. The summed E-state index contributed by atoms with van der Waals surface area (Å²) in [7, 11) is 0. The maximum atomic E-state index is 12.7. The molecule has 4 aromatic rings. The predicted octanol–water partition coefficient (Wildman–Crippen LogP) is 2.45. The topological polar surface area (TPSA) is 99.9 Å². The Hall–Kier alpha value is -3.36. The molecule has 2 heterocycles. The van der Waals surface area contributed by atoms with Gasteiger partial charge in [0, 0.05) is 37.3 Å². The van der Waals surface area contributed by atoms with Crippen LogP contribution in [0.3, 0.4) is 0 Å². The van der Waals surface area contributed by atoms with Crippen molar-refractivity contribution in [3.63, 3.8) is 0 Å². The first-order valence-electron chi connectivity index (χ1n) is 10.9. The smallest absolute Gasteiger partial charge is 0.252 e. The fourth-order valence-corrected chi connectivity index (χ4v) is 3.83. The van der Waals surface area contributed by atoms with Gasteiger partial charge in [-0.05, 0) is 59.3 Å². The maximum Gasteiger partial charge on any atom is 0.252 e. The highest BCUT2D eigenvalue weighted by molar-refractivity contribution is 5.79. The molecule has 8 nitrogen and oxygen atoms in total. The Kier molecular flexibility index (Phi) is 7.03. The van der Waals surface area contributed by atoms with E-state index in [9.17, 15) is 9.90 Å². The molecule has 8 heteroatoms. The summed E-state index contributed by atoms with van der Waals surface area (Å²) in [5, 5.41) is 22.6. The molecule has 0 aliphatic rings. The van der Waals surface area contributed by atoms with Gasteiger partial charge in [0.15, 0.2) is 5.82 Å². The average molecular weight is 433 g/mol. The van der Waals surface area contributed by atoms with Gasteiger partial charge >= 0.3 is 0 Å². The molecule has 2 aromatic heterocycles. The van der Waals surface area contributed by atoms with Gasteiger partial charge in [-0.2, -0.15) is 0 Å². The molecule has 4 rings (SSSR count). The molecule has 2 N–H and O–H groups in total. The number of pyridine rings is 1. The summed E-state index contributed by atoms with van der Waals surface area (Å²) in [6, 6.07) is 18.2. The van der Waals surface area contributed by atoms with Gasteiger partial charge in [0.2, 0.25) is 0 Å². The van der Waals surface area contributed by atoms with Gasteiger partial charge in [0.25, 0.3) is 5.56 Å². The van der Waals surface area contributed by atoms with Crippen LogP contribution in [0.1, 0.15) is 28.9 Å². The summed E-state index contributed by atoms with van der Waals surface area (Å²) in [5.74, 6) is 0.743. The molecule has 0 saturated heterocycles. The SMILES string of the molecule is Cc1ccc2[nH]c(=O)c(CN(CCCO)Cc3nnnn3CCc3ccccc3)cc2c1. The Balaban J connectivity index is 1.51. The summed E-state index contributed by atoms with van der Waals surface area (Å²) in [6.07, 6.45) is 1.44. The summed E-state index contributed by atoms with van der Waals surface area (Å²) in [5.41, 5.74) is 3.79. The fraction of sp³-hybridized carbons (Fsp3) is 0.333. The van der Waals surface area contributed by atoms with Crippen LogP contribution in [0.25, 0.3) is 10.9 Å². The van der Waals surface area contributed by atoms with E-state index in [1.165, 1.54) is 5.56 Å². The molecule has 0 atom stereocenters. The van der Waals surface area contributed by atoms with Crippen molar-refractivity contribution in [2.75, 3.05) is 13.2 Å². The van der Waals surface area contributed by atoms with E-state index < -0.39 is 0 Å². The third kappa shape index (κ3) is 5.46. The van der Waals surface area contributed by atoms with Crippen molar-refractivity contribution >= 4 is 10.9 Å². The van der Waals surface area contributed by atoms with Gasteiger partial charge in [-0.1, -0.05) is 42.0 Å². The zero-order valence-electron chi connectivity index (χ0n) is 18.2. The largest absolute Gasteiger partial charge is 0.396 e. The van der Waals surface area contributed by atoms with Gasteiger partial charge < -0.3 is 10.1 Å². The molecule has 0 radical (unpaired) electrons. The number of aliphatic hydroxyl groups excluding tert-OH is 1. The van der Waals surface area contributed by atoms with Crippen LogP contribution in [0, 0.1) is 6.92 Å². The normalized spacial score (nSPS) is 11.5. The number of fused-ring (bicyclic) bond motifs is 1. The van der Waals surface area contributed by atoms with Crippen molar-refractivity contribution < 1.29 is 5.11 Å². The Labute approximate surface area is 186 Å². The molecule has 0 fully saturated rings. The first-order chi connectivity index (χ1) is 15.6. The monoisotopic (exact) mass is 432 g/mol. The summed E-state index contributed by atoms with van der Waals surface area (Å²) < 4.78 is 1.81. The molecule has 0 amide bonds. The van der Waals surface area contributed by atoms with Gasteiger partial charge in [-0.25, -0.2) is 4.68 Å². The van der Waals surface area contributed by atoms with Crippen LogP contribution in [0.5, 0.6) is 0 Å². The molecule has 0 spiro atoms. The molecule has 0 unspecified atom stereocenters. The number of aromatic amines is 1. The second-order valence-electron chi connectivity index (χ2n) is 8.06. The number of hydrogen-bond donors (Lipinski definition) is 2. The van der Waals surface area contributed by atoms with Crippen LogP contribution in [-0.4, -0.2) is 48.3 Å². The number of H-pyrrole nitrogens is 1. The molecule has 0 saturated carbocycles. The zero-order chi connectivity index (χ0) is 22.3. The zero-order valence-corrected chi connectivity index (χ0v) is 18.2. The van der Waals surface area contributed by atoms with Crippen molar-refractivity contribution in [3.05, 3.63) is 87.5 Å². The van der Waals surface area contributed by atoms with Gasteiger partial charge in [0.1, 0.15) is 0 Å². The van der Waals surface area contributed by atoms with Crippen molar-refractivity contribution in [3.8, 4) is 0 Å². The second kappa shape index (κ2) is 10.3. The highest BCUT2D eigenvalue weighted by Gasteiger charge is 2.15. The minimum Gasteiger partial charge on any atom is -0.396 e. The van der Waals surface area contributed by atoms with E-state index in [-0.39, 0.29) is 12.2 Å². The molecule has 2 aromatic carbocycles. The van der Waals surface area contributed by atoms with E-state index in [4.69, 9.17) is 0 Å². The molecule has 32 heavy (non-hydrogen) atoms. The minimum absolute atomic E-state index is 0.0860. The second-order valence-corrected chi connectivity index (χ2v) is 8.06.